The fourth-order valence-electron chi connectivity index (χ4n) is 2.86. The first-order chi connectivity index (χ1) is 9.06. The van der Waals surface area contributed by atoms with Crippen molar-refractivity contribution in [3.05, 3.63) is 0 Å². The van der Waals surface area contributed by atoms with E-state index in [4.69, 9.17) is 10.5 Å². The molecule has 0 aliphatic carbocycles. The lowest BCUT2D eigenvalue weighted by atomic mass is 9.80. The number of carbonyl (C=O) groups is 1. The van der Waals surface area contributed by atoms with Crippen LogP contribution in [0.3, 0.4) is 0 Å². The van der Waals surface area contributed by atoms with Crippen LogP contribution in [0.15, 0.2) is 0 Å². The van der Waals surface area contributed by atoms with Crippen molar-refractivity contribution < 1.29 is 9.53 Å². The maximum atomic E-state index is 12.4. The number of nitrogens with zero attached hydrogens (tertiary/aromatic N) is 2. The minimum absolute atomic E-state index is 0.0135. The Morgan fingerprint density at radius 1 is 1.26 bits per heavy atom. The zero-order valence-electron chi connectivity index (χ0n) is 12.2. The second-order valence-corrected chi connectivity index (χ2v) is 6.16. The molecule has 0 aromatic carbocycles. The van der Waals surface area contributed by atoms with Gasteiger partial charge in [0.1, 0.15) is 0 Å². The van der Waals surface area contributed by atoms with Gasteiger partial charge in [-0.2, -0.15) is 0 Å². The monoisotopic (exact) mass is 269 g/mol. The van der Waals surface area contributed by atoms with Crippen molar-refractivity contribution in [3.8, 4) is 0 Å². The van der Waals surface area contributed by atoms with Gasteiger partial charge >= 0.3 is 0 Å². The molecule has 2 heterocycles. The van der Waals surface area contributed by atoms with Gasteiger partial charge in [0.25, 0.3) is 0 Å². The number of likely N-dealkylation sites (tertiary alicyclic amines) is 1. The molecule has 2 rings (SSSR count). The Morgan fingerprint density at radius 3 is 2.37 bits per heavy atom. The third kappa shape index (κ3) is 3.46. The molecule has 2 aliphatic heterocycles. The lowest BCUT2D eigenvalue weighted by molar-refractivity contribution is -0.141. The number of rotatable bonds is 3. The Balaban J connectivity index is 1.86. The third-order valence-electron chi connectivity index (χ3n) is 4.73. The summed E-state index contributed by atoms with van der Waals surface area (Å²) in [6.45, 7) is 9.78. The van der Waals surface area contributed by atoms with Crippen LogP contribution >= 0.6 is 0 Å². The van der Waals surface area contributed by atoms with E-state index in [1.54, 1.807) is 0 Å². The highest BCUT2D eigenvalue weighted by Gasteiger charge is 2.34. The van der Waals surface area contributed by atoms with E-state index in [0.29, 0.717) is 13.2 Å². The smallest absolute Gasteiger partial charge is 0.239 e. The number of morpholine rings is 1. The zero-order chi connectivity index (χ0) is 13.9. The Morgan fingerprint density at radius 2 is 1.84 bits per heavy atom. The van der Waals surface area contributed by atoms with Gasteiger partial charge in [0.05, 0.1) is 19.3 Å². The van der Waals surface area contributed by atoms with Crippen molar-refractivity contribution in [2.24, 2.45) is 11.1 Å². The largest absolute Gasteiger partial charge is 0.378 e. The molecule has 0 saturated carbocycles. The van der Waals surface area contributed by atoms with E-state index < -0.39 is 0 Å². The van der Waals surface area contributed by atoms with Gasteiger partial charge in [-0.15, -0.1) is 0 Å². The molecule has 0 aromatic rings. The molecule has 2 saturated heterocycles. The highest BCUT2D eigenvalue weighted by molar-refractivity contribution is 5.81. The Kier molecular flexibility index (Phi) is 4.81. The van der Waals surface area contributed by atoms with Crippen molar-refractivity contribution in [2.75, 3.05) is 45.9 Å². The van der Waals surface area contributed by atoms with Crippen molar-refractivity contribution in [2.45, 2.75) is 32.7 Å². The summed E-state index contributed by atoms with van der Waals surface area (Å²) in [5.41, 5.74) is 6.09. The SMILES string of the molecule is CC(C(=O)N1CCOCC1)N1CCC(C)(CN)CC1. The first-order valence-corrected chi connectivity index (χ1v) is 7.36. The van der Waals surface area contributed by atoms with Gasteiger partial charge in [-0.3, -0.25) is 9.69 Å². The first kappa shape index (κ1) is 14.8. The minimum Gasteiger partial charge on any atom is -0.378 e. The standard InChI is InChI=1S/C14H27N3O2/c1-12(13(18)17-7-9-19-10-8-17)16-5-3-14(2,11-15)4-6-16/h12H,3-11,15H2,1-2H3. The van der Waals surface area contributed by atoms with Gasteiger partial charge in [0.15, 0.2) is 0 Å². The summed E-state index contributed by atoms with van der Waals surface area (Å²) in [5.74, 6) is 0.250. The lowest BCUT2D eigenvalue weighted by Gasteiger charge is -2.42. The van der Waals surface area contributed by atoms with Gasteiger partial charge in [-0.05, 0) is 44.8 Å². The van der Waals surface area contributed by atoms with Crippen LogP contribution in [0.2, 0.25) is 0 Å². The van der Waals surface area contributed by atoms with Crippen molar-refractivity contribution in [1.82, 2.24) is 9.80 Å². The summed E-state index contributed by atoms with van der Waals surface area (Å²) < 4.78 is 5.30. The Bertz CT molecular complexity index is 308. The molecule has 0 spiro atoms. The maximum Gasteiger partial charge on any atom is 0.239 e. The number of hydrogen-bond acceptors (Lipinski definition) is 4. The minimum atomic E-state index is -0.0135. The van der Waals surface area contributed by atoms with E-state index in [1.165, 1.54) is 0 Å². The Labute approximate surface area is 116 Å². The second-order valence-electron chi connectivity index (χ2n) is 6.16. The van der Waals surface area contributed by atoms with Crippen molar-refractivity contribution in [3.63, 3.8) is 0 Å². The summed E-state index contributed by atoms with van der Waals surface area (Å²) in [4.78, 5) is 16.7. The number of nitrogens with two attached hydrogens (primary N) is 1. The molecule has 1 amide bonds. The average Bonchev–Trinajstić information content (AvgIpc) is 2.47. The summed E-state index contributed by atoms with van der Waals surface area (Å²) >= 11 is 0. The van der Waals surface area contributed by atoms with Crippen LogP contribution in [0.1, 0.15) is 26.7 Å². The highest BCUT2D eigenvalue weighted by atomic mass is 16.5. The number of carbonyl (C=O) groups excluding carboxylic acids is 1. The number of ether oxygens (including phenoxy) is 1. The van der Waals surface area contributed by atoms with E-state index >= 15 is 0 Å². The van der Waals surface area contributed by atoms with Gasteiger partial charge < -0.3 is 15.4 Å². The molecule has 110 valence electrons. The normalized spacial score (nSPS) is 26.2. The predicted molar refractivity (Wildman–Crippen MR) is 74.8 cm³/mol. The first-order valence-electron chi connectivity index (χ1n) is 7.36. The fraction of sp³-hybridized carbons (Fsp3) is 0.929. The summed E-state index contributed by atoms with van der Waals surface area (Å²) in [6, 6.07) is -0.0135. The average molecular weight is 269 g/mol. The molecule has 1 unspecified atom stereocenters. The third-order valence-corrected chi connectivity index (χ3v) is 4.73. The van der Waals surface area contributed by atoms with Crippen LogP contribution in [-0.2, 0) is 9.53 Å². The molecule has 0 aromatic heterocycles. The molecule has 2 fully saturated rings. The topological polar surface area (TPSA) is 58.8 Å². The van der Waals surface area contributed by atoms with E-state index in [-0.39, 0.29) is 17.4 Å². The quantitative estimate of drug-likeness (QED) is 0.800. The zero-order valence-corrected chi connectivity index (χ0v) is 12.2. The maximum absolute atomic E-state index is 12.4. The fourth-order valence-corrected chi connectivity index (χ4v) is 2.86. The highest BCUT2D eigenvalue weighted by Crippen LogP contribution is 2.30. The van der Waals surface area contributed by atoms with Gasteiger partial charge in [-0.1, -0.05) is 6.92 Å². The van der Waals surface area contributed by atoms with Crippen LogP contribution in [-0.4, -0.2) is 67.7 Å². The number of hydrogen-bond donors (Lipinski definition) is 1. The molecule has 0 bridgehead atoms. The van der Waals surface area contributed by atoms with Crippen molar-refractivity contribution in [1.29, 1.82) is 0 Å². The van der Waals surface area contributed by atoms with Crippen LogP contribution in [0.5, 0.6) is 0 Å². The summed E-state index contributed by atoms with van der Waals surface area (Å²) in [7, 11) is 0. The van der Waals surface area contributed by atoms with E-state index in [2.05, 4.69) is 11.8 Å². The van der Waals surface area contributed by atoms with Crippen LogP contribution in [0, 0.1) is 5.41 Å². The van der Waals surface area contributed by atoms with Crippen LogP contribution in [0.4, 0.5) is 0 Å². The number of amides is 1. The molecule has 5 heteroatoms. The summed E-state index contributed by atoms with van der Waals surface area (Å²) in [5, 5.41) is 0. The van der Waals surface area contributed by atoms with E-state index in [0.717, 1.165) is 45.6 Å². The van der Waals surface area contributed by atoms with E-state index in [1.807, 2.05) is 11.8 Å². The lowest BCUT2D eigenvalue weighted by Crippen LogP contribution is -2.53. The number of piperidine rings is 1. The van der Waals surface area contributed by atoms with Gasteiger partial charge in [-0.25, -0.2) is 0 Å². The van der Waals surface area contributed by atoms with Gasteiger partial charge in [0, 0.05) is 13.1 Å². The van der Waals surface area contributed by atoms with Crippen molar-refractivity contribution >= 4 is 5.91 Å². The molecule has 2 N–H and O–H groups in total. The summed E-state index contributed by atoms with van der Waals surface area (Å²) in [6.07, 6.45) is 2.18. The molecular weight excluding hydrogens is 242 g/mol. The molecule has 1 atom stereocenters. The molecule has 2 aliphatic rings. The van der Waals surface area contributed by atoms with E-state index in [9.17, 15) is 4.79 Å². The molecule has 19 heavy (non-hydrogen) atoms. The van der Waals surface area contributed by atoms with Crippen LogP contribution in [0.25, 0.3) is 0 Å². The molecule has 5 nitrogen and oxygen atoms in total. The second kappa shape index (κ2) is 6.20. The van der Waals surface area contributed by atoms with Crippen LogP contribution < -0.4 is 5.73 Å². The predicted octanol–water partition coefficient (Wildman–Crippen LogP) is 0.295. The Hall–Kier alpha value is -0.650. The molecular formula is C14H27N3O2. The van der Waals surface area contributed by atoms with Gasteiger partial charge in [0.2, 0.25) is 5.91 Å². The molecule has 0 radical (unpaired) electrons.